The van der Waals surface area contributed by atoms with E-state index in [2.05, 4.69) is 58.4 Å². The average Bonchev–Trinajstić information content (AvgIpc) is 2.81. The van der Waals surface area contributed by atoms with Gasteiger partial charge in [-0.2, -0.15) is 0 Å². The minimum absolute atomic E-state index is 1.13. The largest absolute Gasteiger partial charge is 0.0537 e. The number of rotatable bonds is 1. The molecule has 0 heterocycles. The van der Waals surface area contributed by atoms with Crippen molar-refractivity contribution in [3.63, 3.8) is 0 Å². The highest BCUT2D eigenvalue weighted by Gasteiger charge is 2.17. The Kier molecular flexibility index (Phi) is 1.39. The van der Waals surface area contributed by atoms with Crippen molar-refractivity contribution in [2.75, 3.05) is 0 Å². The number of fused-ring (bicyclic) bond motifs is 1. The van der Waals surface area contributed by atoms with Gasteiger partial charge in [0.05, 0.1) is 0 Å². The van der Waals surface area contributed by atoms with Crippen molar-refractivity contribution in [1.29, 1.82) is 0 Å². The van der Waals surface area contributed by atoms with Crippen LogP contribution in [0.4, 0.5) is 0 Å². The lowest BCUT2D eigenvalue weighted by atomic mass is 10.1. The normalized spacial score (nSPS) is 11.5. The summed E-state index contributed by atoms with van der Waals surface area (Å²) < 4.78 is 1.13. The molecule has 2 aliphatic rings. The van der Waals surface area contributed by atoms with Crippen molar-refractivity contribution in [2.45, 2.75) is 0 Å². The zero-order valence-corrected chi connectivity index (χ0v) is 8.51. The molecule has 0 unspecified atom stereocenters. The van der Waals surface area contributed by atoms with E-state index in [1.54, 1.807) is 0 Å². The standard InChI is InChI=1S/C12H7Br/c13-10-4-1-8(2-5-10)11-6-3-9-7-12(9)11/h1-7H. The van der Waals surface area contributed by atoms with E-state index in [1.165, 1.54) is 22.3 Å². The van der Waals surface area contributed by atoms with Gasteiger partial charge in [0.2, 0.25) is 0 Å². The highest BCUT2D eigenvalue weighted by Crippen LogP contribution is 2.43. The molecule has 0 aliphatic heterocycles. The lowest BCUT2D eigenvalue weighted by molar-refractivity contribution is 1.63. The lowest BCUT2D eigenvalue weighted by Crippen LogP contribution is -1.72. The predicted octanol–water partition coefficient (Wildman–Crippen LogP) is 4.10. The highest BCUT2D eigenvalue weighted by atomic mass is 79.9. The molecule has 0 saturated heterocycles. The van der Waals surface area contributed by atoms with Crippen molar-refractivity contribution in [2.24, 2.45) is 0 Å². The van der Waals surface area contributed by atoms with Crippen LogP contribution < -0.4 is 0 Å². The molecular formula is C12H7Br. The monoisotopic (exact) mass is 230 g/mol. The van der Waals surface area contributed by atoms with Crippen LogP contribution in [0.5, 0.6) is 0 Å². The summed E-state index contributed by atoms with van der Waals surface area (Å²) in [5, 5.41) is 0. The summed E-state index contributed by atoms with van der Waals surface area (Å²) in [6.45, 7) is 0. The fourth-order valence-electron chi connectivity index (χ4n) is 1.63. The van der Waals surface area contributed by atoms with Gasteiger partial charge in [0, 0.05) is 4.47 Å². The summed E-state index contributed by atoms with van der Waals surface area (Å²) >= 11 is 3.43. The molecule has 1 aromatic rings. The lowest BCUT2D eigenvalue weighted by Gasteiger charge is -1.97. The summed E-state index contributed by atoms with van der Waals surface area (Å²) in [6, 6.07) is 15.0. The van der Waals surface area contributed by atoms with E-state index in [-0.39, 0.29) is 0 Å². The zero-order chi connectivity index (χ0) is 8.84. The molecule has 0 fully saturated rings. The van der Waals surface area contributed by atoms with E-state index in [0.717, 1.165) is 4.47 Å². The highest BCUT2D eigenvalue weighted by molar-refractivity contribution is 9.10. The van der Waals surface area contributed by atoms with Crippen LogP contribution in [-0.2, 0) is 0 Å². The molecule has 1 heteroatoms. The molecule has 13 heavy (non-hydrogen) atoms. The number of hydrogen-bond acceptors (Lipinski definition) is 0. The Balaban J connectivity index is 2.11. The van der Waals surface area contributed by atoms with Gasteiger partial charge in [-0.15, -0.1) is 0 Å². The van der Waals surface area contributed by atoms with Crippen LogP contribution in [0.2, 0.25) is 0 Å². The molecule has 0 radical (unpaired) electrons. The van der Waals surface area contributed by atoms with Gasteiger partial charge in [0.1, 0.15) is 0 Å². The van der Waals surface area contributed by atoms with Gasteiger partial charge >= 0.3 is 0 Å². The molecule has 1 aromatic carbocycles. The smallest absolute Gasteiger partial charge is 0.0175 e. The quantitative estimate of drug-likeness (QED) is 0.591. The minimum atomic E-state index is 1.13. The van der Waals surface area contributed by atoms with E-state index >= 15 is 0 Å². The van der Waals surface area contributed by atoms with Crippen LogP contribution in [0.25, 0.3) is 22.3 Å². The third-order valence-corrected chi connectivity index (χ3v) is 2.93. The van der Waals surface area contributed by atoms with Crippen LogP contribution in [0.1, 0.15) is 0 Å². The van der Waals surface area contributed by atoms with E-state index < -0.39 is 0 Å². The zero-order valence-electron chi connectivity index (χ0n) is 6.92. The Morgan fingerprint density at radius 2 is 1.38 bits per heavy atom. The van der Waals surface area contributed by atoms with Crippen molar-refractivity contribution in [3.8, 4) is 22.3 Å². The first kappa shape index (κ1) is 7.34. The van der Waals surface area contributed by atoms with E-state index in [4.69, 9.17) is 0 Å². The van der Waals surface area contributed by atoms with Crippen molar-refractivity contribution in [3.05, 3.63) is 46.9 Å². The summed E-state index contributed by atoms with van der Waals surface area (Å²) in [5.41, 5.74) is 5.49. The first-order valence-electron chi connectivity index (χ1n) is 4.25. The second kappa shape index (κ2) is 2.46. The molecule has 0 aromatic heterocycles. The summed E-state index contributed by atoms with van der Waals surface area (Å²) in [7, 11) is 0. The maximum atomic E-state index is 3.43. The molecule has 3 rings (SSSR count). The van der Waals surface area contributed by atoms with E-state index in [0.29, 0.717) is 0 Å². The fraction of sp³-hybridized carbons (Fsp3) is 0. The van der Waals surface area contributed by atoms with Crippen molar-refractivity contribution >= 4 is 15.9 Å². The maximum Gasteiger partial charge on any atom is 0.0175 e. The molecule has 0 atom stereocenters. The summed E-state index contributed by atoms with van der Waals surface area (Å²) in [4.78, 5) is 0. The molecule has 2 aliphatic carbocycles. The Morgan fingerprint density at radius 1 is 0.692 bits per heavy atom. The first-order chi connectivity index (χ1) is 6.34. The Morgan fingerprint density at radius 3 is 1.92 bits per heavy atom. The van der Waals surface area contributed by atoms with Gasteiger partial charge in [0.25, 0.3) is 0 Å². The second-order valence-corrected chi connectivity index (χ2v) is 4.18. The van der Waals surface area contributed by atoms with Gasteiger partial charge < -0.3 is 0 Å². The molecule has 0 nitrogen and oxygen atoms in total. The molecular weight excluding hydrogens is 224 g/mol. The van der Waals surface area contributed by atoms with Crippen LogP contribution in [0.15, 0.2) is 46.9 Å². The fourth-order valence-corrected chi connectivity index (χ4v) is 1.90. The third kappa shape index (κ3) is 1.11. The third-order valence-electron chi connectivity index (χ3n) is 2.40. The summed E-state index contributed by atoms with van der Waals surface area (Å²) in [6.07, 6.45) is 0. The number of halogens is 1. The van der Waals surface area contributed by atoms with Gasteiger partial charge in [0.15, 0.2) is 0 Å². The minimum Gasteiger partial charge on any atom is -0.0537 e. The van der Waals surface area contributed by atoms with E-state index in [9.17, 15) is 0 Å². The van der Waals surface area contributed by atoms with Crippen molar-refractivity contribution < 1.29 is 0 Å². The first-order valence-corrected chi connectivity index (χ1v) is 5.04. The number of hydrogen-bond donors (Lipinski definition) is 0. The van der Waals surface area contributed by atoms with Crippen LogP contribution in [-0.4, -0.2) is 0 Å². The Hall–Kier alpha value is -1.08. The van der Waals surface area contributed by atoms with Crippen LogP contribution in [0.3, 0.4) is 0 Å². The molecule has 0 saturated carbocycles. The maximum absolute atomic E-state index is 3.43. The van der Waals surface area contributed by atoms with Gasteiger partial charge in [-0.1, -0.05) is 40.2 Å². The van der Waals surface area contributed by atoms with Crippen molar-refractivity contribution in [1.82, 2.24) is 0 Å². The van der Waals surface area contributed by atoms with Crippen LogP contribution >= 0.6 is 15.9 Å². The van der Waals surface area contributed by atoms with Gasteiger partial charge in [-0.05, 0) is 40.5 Å². The summed E-state index contributed by atoms with van der Waals surface area (Å²) in [5.74, 6) is 0. The molecule has 0 N–H and O–H groups in total. The van der Waals surface area contributed by atoms with Crippen LogP contribution in [0, 0.1) is 0 Å². The molecule has 0 spiro atoms. The average molecular weight is 231 g/mol. The Bertz CT molecular complexity index is 469. The van der Waals surface area contributed by atoms with Gasteiger partial charge in [-0.25, -0.2) is 0 Å². The van der Waals surface area contributed by atoms with Gasteiger partial charge in [-0.3, -0.25) is 0 Å². The Labute approximate surface area is 85.4 Å². The van der Waals surface area contributed by atoms with E-state index in [1.807, 2.05) is 0 Å². The SMILES string of the molecule is Brc1ccc(-c2ccc3cc2-3)cc1. The second-order valence-electron chi connectivity index (χ2n) is 3.27. The number of benzene rings is 2. The molecule has 0 bridgehead atoms. The predicted molar refractivity (Wildman–Crippen MR) is 58.6 cm³/mol. The molecule has 62 valence electrons. The topological polar surface area (TPSA) is 0 Å². The molecule has 0 amide bonds.